The average Bonchev–Trinajstić information content (AvgIpc) is 3.21. The minimum Gasteiger partial charge on any atom is -0.353 e. The maximum absolute atomic E-state index is 6.25. The van der Waals surface area contributed by atoms with Crippen molar-refractivity contribution in [3.05, 3.63) is 45.2 Å². The maximum atomic E-state index is 6.25. The molecule has 1 atom stereocenters. The van der Waals surface area contributed by atoms with Gasteiger partial charge in [0.25, 0.3) is 0 Å². The molecular weight excluding hydrogens is 469 g/mol. The second-order valence-corrected chi connectivity index (χ2v) is 7.60. The summed E-state index contributed by atoms with van der Waals surface area (Å²) >= 11 is 8.05. The first kappa shape index (κ1) is 20.3. The Morgan fingerprint density at radius 1 is 1.44 bits per heavy atom. The van der Waals surface area contributed by atoms with Crippen LogP contribution in [0.5, 0.6) is 0 Å². The number of thiophene rings is 1. The van der Waals surface area contributed by atoms with E-state index in [-0.39, 0.29) is 24.0 Å². The summed E-state index contributed by atoms with van der Waals surface area (Å²) in [4.78, 5) is 13.6. The van der Waals surface area contributed by atoms with Crippen LogP contribution in [0.25, 0.3) is 0 Å². The molecule has 0 bridgehead atoms. The summed E-state index contributed by atoms with van der Waals surface area (Å²) in [5.74, 6) is 1.69. The third-order valence-electron chi connectivity index (χ3n) is 4.02. The highest BCUT2D eigenvalue weighted by Gasteiger charge is 2.25. The van der Waals surface area contributed by atoms with Gasteiger partial charge in [-0.2, -0.15) is 0 Å². The Balaban J connectivity index is 0.00000225. The summed E-state index contributed by atoms with van der Waals surface area (Å²) in [6.07, 6.45) is 2.82. The summed E-state index contributed by atoms with van der Waals surface area (Å²) < 4.78 is 0. The zero-order valence-corrected chi connectivity index (χ0v) is 18.2. The standard InChI is InChI=1S/C17H22ClN5S.HI/c1-12-5-6-14(24-12)10-21-17(19-2)22-13-7-9-23(11-13)16-15(18)4-3-8-20-16;/h3-6,8,13H,7,9-11H2,1-2H3,(H2,19,21,22);1H. The molecular formula is C17H23ClIN5S. The fourth-order valence-corrected chi connectivity index (χ4v) is 3.89. The average molecular weight is 492 g/mol. The predicted molar refractivity (Wildman–Crippen MR) is 118 cm³/mol. The molecule has 1 unspecified atom stereocenters. The van der Waals surface area contributed by atoms with Gasteiger partial charge in [-0.05, 0) is 37.6 Å². The van der Waals surface area contributed by atoms with Crippen LogP contribution >= 0.6 is 46.9 Å². The molecule has 1 fully saturated rings. The molecule has 2 N–H and O–H groups in total. The Labute approximate surface area is 174 Å². The number of guanidine groups is 1. The van der Waals surface area contributed by atoms with Crippen molar-refractivity contribution in [3.8, 4) is 0 Å². The van der Waals surface area contributed by atoms with Crippen molar-refractivity contribution in [2.75, 3.05) is 25.0 Å². The smallest absolute Gasteiger partial charge is 0.191 e. The highest BCUT2D eigenvalue weighted by Crippen LogP contribution is 2.25. The zero-order chi connectivity index (χ0) is 16.9. The molecule has 0 aliphatic carbocycles. The Hall–Kier alpha value is -1.06. The molecule has 0 radical (unpaired) electrons. The molecule has 8 heteroatoms. The number of nitrogens with one attached hydrogen (secondary N) is 2. The first-order valence-corrected chi connectivity index (χ1v) is 9.23. The molecule has 0 amide bonds. The number of hydrogen-bond acceptors (Lipinski definition) is 4. The highest BCUT2D eigenvalue weighted by atomic mass is 127. The van der Waals surface area contributed by atoms with E-state index in [1.807, 2.05) is 12.1 Å². The van der Waals surface area contributed by atoms with Crippen molar-refractivity contribution < 1.29 is 0 Å². The van der Waals surface area contributed by atoms with Gasteiger partial charge in [-0.1, -0.05) is 11.6 Å². The van der Waals surface area contributed by atoms with Crippen molar-refractivity contribution in [2.24, 2.45) is 4.99 Å². The fraction of sp³-hybridized carbons (Fsp3) is 0.412. The van der Waals surface area contributed by atoms with Crippen molar-refractivity contribution >= 4 is 58.7 Å². The lowest BCUT2D eigenvalue weighted by atomic mass is 10.3. The molecule has 1 aliphatic rings. The number of nitrogens with zero attached hydrogens (tertiary/aromatic N) is 3. The van der Waals surface area contributed by atoms with Crippen LogP contribution in [0.3, 0.4) is 0 Å². The van der Waals surface area contributed by atoms with Gasteiger partial charge in [0.05, 0.1) is 11.6 Å². The molecule has 1 saturated heterocycles. The number of hydrogen-bond donors (Lipinski definition) is 2. The lowest BCUT2D eigenvalue weighted by Gasteiger charge is -2.20. The van der Waals surface area contributed by atoms with Crippen LogP contribution in [0.2, 0.25) is 5.02 Å². The van der Waals surface area contributed by atoms with E-state index in [0.717, 1.165) is 37.8 Å². The minimum absolute atomic E-state index is 0. The van der Waals surface area contributed by atoms with E-state index >= 15 is 0 Å². The van der Waals surface area contributed by atoms with E-state index in [2.05, 4.69) is 44.6 Å². The second kappa shape index (κ2) is 9.59. The quantitative estimate of drug-likeness (QED) is 0.389. The zero-order valence-electron chi connectivity index (χ0n) is 14.3. The van der Waals surface area contributed by atoms with Gasteiger partial charge in [0.2, 0.25) is 0 Å². The van der Waals surface area contributed by atoms with E-state index in [9.17, 15) is 0 Å². The summed E-state index contributed by atoms with van der Waals surface area (Å²) in [6, 6.07) is 8.37. The first-order valence-electron chi connectivity index (χ1n) is 8.03. The summed E-state index contributed by atoms with van der Waals surface area (Å²) in [5, 5.41) is 7.58. The monoisotopic (exact) mass is 491 g/mol. The van der Waals surface area contributed by atoms with E-state index in [1.54, 1.807) is 24.6 Å². The van der Waals surface area contributed by atoms with Crippen molar-refractivity contribution in [1.82, 2.24) is 15.6 Å². The van der Waals surface area contributed by atoms with Gasteiger partial charge in [0.1, 0.15) is 5.82 Å². The van der Waals surface area contributed by atoms with Crippen molar-refractivity contribution in [2.45, 2.75) is 25.9 Å². The van der Waals surface area contributed by atoms with Gasteiger partial charge in [0.15, 0.2) is 5.96 Å². The Morgan fingerprint density at radius 2 is 2.28 bits per heavy atom. The largest absolute Gasteiger partial charge is 0.353 e. The molecule has 0 aromatic carbocycles. The topological polar surface area (TPSA) is 52.6 Å². The lowest BCUT2D eigenvalue weighted by molar-refractivity contribution is 0.649. The number of halogens is 2. The number of aromatic nitrogens is 1. The highest BCUT2D eigenvalue weighted by molar-refractivity contribution is 14.0. The normalized spacial score (nSPS) is 17.3. The molecule has 3 rings (SSSR count). The summed E-state index contributed by atoms with van der Waals surface area (Å²) in [7, 11) is 1.80. The van der Waals surface area contributed by atoms with Crippen LogP contribution in [-0.4, -0.2) is 37.1 Å². The summed E-state index contributed by atoms with van der Waals surface area (Å²) in [6.45, 7) is 4.73. The fourth-order valence-electron chi connectivity index (χ4n) is 2.82. The van der Waals surface area contributed by atoms with Crippen LogP contribution in [0, 0.1) is 6.92 Å². The Kier molecular flexibility index (Phi) is 7.77. The van der Waals surface area contributed by atoms with Gasteiger partial charge in [0, 0.05) is 42.1 Å². The Morgan fingerprint density at radius 3 is 2.96 bits per heavy atom. The summed E-state index contributed by atoms with van der Waals surface area (Å²) in [5.41, 5.74) is 0. The molecule has 2 aromatic rings. The number of rotatable bonds is 4. The molecule has 0 saturated carbocycles. The van der Waals surface area contributed by atoms with Crippen molar-refractivity contribution in [1.29, 1.82) is 0 Å². The van der Waals surface area contributed by atoms with Gasteiger partial charge in [-0.3, -0.25) is 4.99 Å². The van der Waals surface area contributed by atoms with Crippen LogP contribution in [0.4, 0.5) is 5.82 Å². The van der Waals surface area contributed by atoms with E-state index in [1.165, 1.54) is 9.75 Å². The number of pyridine rings is 1. The van der Waals surface area contributed by atoms with Crippen LogP contribution in [0.1, 0.15) is 16.2 Å². The lowest BCUT2D eigenvalue weighted by Crippen LogP contribution is -2.44. The molecule has 25 heavy (non-hydrogen) atoms. The molecule has 2 aromatic heterocycles. The molecule has 5 nitrogen and oxygen atoms in total. The first-order chi connectivity index (χ1) is 11.7. The van der Waals surface area contributed by atoms with Gasteiger partial charge < -0.3 is 15.5 Å². The van der Waals surface area contributed by atoms with E-state index in [0.29, 0.717) is 11.1 Å². The third kappa shape index (κ3) is 5.46. The van der Waals surface area contributed by atoms with Gasteiger partial charge in [-0.15, -0.1) is 35.3 Å². The van der Waals surface area contributed by atoms with Crippen LogP contribution in [-0.2, 0) is 6.54 Å². The van der Waals surface area contributed by atoms with Crippen molar-refractivity contribution in [3.63, 3.8) is 0 Å². The third-order valence-corrected chi connectivity index (χ3v) is 5.31. The number of aliphatic imine (C=N–C) groups is 1. The maximum Gasteiger partial charge on any atom is 0.191 e. The molecule has 3 heterocycles. The van der Waals surface area contributed by atoms with Crippen LogP contribution < -0.4 is 15.5 Å². The van der Waals surface area contributed by atoms with Gasteiger partial charge in [-0.25, -0.2) is 4.98 Å². The SMILES string of the molecule is CN=C(NCc1ccc(C)s1)NC1CCN(c2ncccc2Cl)C1.I. The molecule has 0 spiro atoms. The molecule has 136 valence electrons. The van der Waals surface area contributed by atoms with E-state index < -0.39 is 0 Å². The number of aryl methyl sites for hydroxylation is 1. The van der Waals surface area contributed by atoms with E-state index in [4.69, 9.17) is 11.6 Å². The molecule has 1 aliphatic heterocycles. The van der Waals surface area contributed by atoms with Gasteiger partial charge >= 0.3 is 0 Å². The second-order valence-electron chi connectivity index (χ2n) is 5.82. The number of anilines is 1. The van der Waals surface area contributed by atoms with Crippen LogP contribution in [0.15, 0.2) is 35.5 Å². The Bertz CT molecular complexity index is 721. The predicted octanol–water partition coefficient (Wildman–Crippen LogP) is 3.67. The minimum atomic E-state index is 0.